The van der Waals surface area contributed by atoms with Gasteiger partial charge in [-0.15, -0.1) is 11.3 Å². The van der Waals surface area contributed by atoms with Gasteiger partial charge in [0.2, 0.25) is 5.91 Å². The molecule has 0 spiro atoms. The van der Waals surface area contributed by atoms with Crippen molar-refractivity contribution in [2.24, 2.45) is 0 Å². The molecule has 2 aromatic heterocycles. The highest BCUT2D eigenvalue weighted by molar-refractivity contribution is 9.10. The van der Waals surface area contributed by atoms with Crippen molar-refractivity contribution in [3.8, 4) is 0 Å². The van der Waals surface area contributed by atoms with Gasteiger partial charge in [0.25, 0.3) is 0 Å². The number of fused-ring (bicyclic) bond motifs is 1. The summed E-state index contributed by atoms with van der Waals surface area (Å²) in [6, 6.07) is 0. The van der Waals surface area contributed by atoms with Gasteiger partial charge in [0.15, 0.2) is 5.69 Å². The highest BCUT2D eigenvalue weighted by Gasteiger charge is 2.38. The molecule has 1 N–H and O–H groups in total. The first-order valence-corrected chi connectivity index (χ1v) is 11.6. The third-order valence-corrected chi connectivity index (χ3v) is 7.36. The molecule has 2 heterocycles. The van der Waals surface area contributed by atoms with E-state index >= 15 is 0 Å². The molecule has 0 radical (unpaired) electrons. The average molecular weight is 522 g/mol. The van der Waals surface area contributed by atoms with E-state index in [1.54, 1.807) is 6.92 Å². The van der Waals surface area contributed by atoms with E-state index in [4.69, 9.17) is 4.74 Å². The largest absolute Gasteiger partial charge is 0.459 e. The number of amides is 1. The molecule has 3 rings (SSSR count). The maximum atomic E-state index is 13.1. The lowest BCUT2D eigenvalue weighted by Crippen LogP contribution is -2.22. The van der Waals surface area contributed by atoms with Crippen molar-refractivity contribution in [3.05, 3.63) is 31.9 Å². The number of aromatic nitrogens is 2. The fourth-order valence-electron chi connectivity index (χ4n) is 3.36. The summed E-state index contributed by atoms with van der Waals surface area (Å²) in [7, 11) is 0. The van der Waals surface area contributed by atoms with Gasteiger partial charge in [0.05, 0.1) is 21.8 Å². The second-order valence-electron chi connectivity index (χ2n) is 7.49. The van der Waals surface area contributed by atoms with Crippen molar-refractivity contribution in [2.45, 2.75) is 71.7 Å². The molecule has 2 aromatic rings. The number of thiophene rings is 1. The molecule has 0 saturated heterocycles. The molecular weight excluding hydrogens is 499 g/mol. The molecule has 31 heavy (non-hydrogen) atoms. The Labute approximate surface area is 190 Å². The fraction of sp³-hybridized carbons (Fsp3) is 0.550. The Morgan fingerprint density at radius 1 is 1.32 bits per heavy atom. The first kappa shape index (κ1) is 23.8. The minimum absolute atomic E-state index is 0.185. The Hall–Kier alpha value is -1.88. The van der Waals surface area contributed by atoms with Crippen LogP contribution in [0, 0.1) is 6.92 Å². The number of esters is 1. The fourth-order valence-corrected chi connectivity index (χ4v) is 5.16. The Balaban J connectivity index is 1.85. The van der Waals surface area contributed by atoms with Crippen LogP contribution >= 0.6 is 27.3 Å². The minimum atomic E-state index is -4.63. The van der Waals surface area contributed by atoms with Crippen LogP contribution in [0.25, 0.3) is 0 Å². The highest BCUT2D eigenvalue weighted by atomic mass is 79.9. The van der Waals surface area contributed by atoms with E-state index in [-0.39, 0.29) is 16.3 Å². The summed E-state index contributed by atoms with van der Waals surface area (Å²) in [5.74, 6) is -1.05. The van der Waals surface area contributed by atoms with E-state index in [1.165, 1.54) is 18.3 Å². The summed E-state index contributed by atoms with van der Waals surface area (Å²) >= 11 is 4.23. The molecule has 170 valence electrons. The van der Waals surface area contributed by atoms with Crippen molar-refractivity contribution < 1.29 is 27.5 Å². The van der Waals surface area contributed by atoms with Crippen molar-refractivity contribution in [1.29, 1.82) is 0 Å². The topological polar surface area (TPSA) is 73.2 Å². The quantitative estimate of drug-likeness (QED) is 0.508. The van der Waals surface area contributed by atoms with Crippen molar-refractivity contribution in [3.63, 3.8) is 0 Å². The van der Waals surface area contributed by atoms with Gasteiger partial charge in [-0.3, -0.25) is 9.48 Å². The summed E-state index contributed by atoms with van der Waals surface area (Å²) in [5, 5.41) is 6.62. The molecule has 0 aromatic carbocycles. The molecule has 1 aliphatic rings. The number of nitrogens with zero attached hydrogens (tertiary/aromatic N) is 2. The van der Waals surface area contributed by atoms with E-state index in [0.717, 1.165) is 40.8 Å². The van der Waals surface area contributed by atoms with Gasteiger partial charge < -0.3 is 10.1 Å². The Kier molecular flexibility index (Phi) is 7.14. The van der Waals surface area contributed by atoms with E-state index in [1.807, 2.05) is 6.92 Å². The average Bonchev–Trinajstić information content (AvgIpc) is 3.19. The van der Waals surface area contributed by atoms with Crippen LogP contribution in [0.15, 0.2) is 4.47 Å². The van der Waals surface area contributed by atoms with E-state index in [2.05, 4.69) is 26.3 Å². The number of aryl methyl sites for hydroxylation is 1. The summed E-state index contributed by atoms with van der Waals surface area (Å²) in [4.78, 5) is 26.5. The van der Waals surface area contributed by atoms with E-state index in [9.17, 15) is 22.8 Å². The molecule has 11 heteroatoms. The molecule has 1 atom stereocenters. The lowest BCUT2D eigenvalue weighted by molar-refractivity contribution is -0.142. The number of ether oxygens (including phenoxy) is 1. The van der Waals surface area contributed by atoms with Crippen LogP contribution in [0.1, 0.15) is 65.3 Å². The van der Waals surface area contributed by atoms with Crippen LogP contribution in [-0.4, -0.2) is 27.8 Å². The van der Waals surface area contributed by atoms with Crippen LogP contribution in [0.5, 0.6) is 0 Å². The molecule has 0 saturated carbocycles. The zero-order valence-electron chi connectivity index (χ0n) is 17.4. The van der Waals surface area contributed by atoms with Crippen LogP contribution < -0.4 is 5.32 Å². The maximum absolute atomic E-state index is 13.1. The van der Waals surface area contributed by atoms with Gasteiger partial charge >= 0.3 is 12.1 Å². The zero-order chi connectivity index (χ0) is 22.9. The Morgan fingerprint density at radius 3 is 2.61 bits per heavy atom. The van der Waals surface area contributed by atoms with Crippen molar-refractivity contribution in [2.75, 3.05) is 5.32 Å². The lowest BCUT2D eigenvalue weighted by Gasteiger charge is -2.15. The first-order chi connectivity index (χ1) is 14.5. The monoisotopic (exact) mass is 521 g/mol. The van der Waals surface area contributed by atoms with Crippen LogP contribution in [0.2, 0.25) is 0 Å². The summed E-state index contributed by atoms with van der Waals surface area (Å²) in [6.45, 7) is 4.73. The number of nitrogens with one attached hydrogen (secondary N) is 1. The minimum Gasteiger partial charge on any atom is -0.459 e. The second-order valence-corrected chi connectivity index (χ2v) is 9.39. The first-order valence-electron chi connectivity index (χ1n) is 9.98. The molecule has 1 unspecified atom stereocenters. The van der Waals surface area contributed by atoms with Crippen LogP contribution in [-0.2, 0) is 35.1 Å². The standard InChI is InChI=1S/C20H23BrF3N3O3S/c1-4-10(2)30-19(29)15-12-7-5-6-8-13(12)31-18(15)25-14(28)9-27-11(3)16(21)17(26-27)20(22,23)24/h10H,4-9H2,1-3H3,(H,25,28). The SMILES string of the molecule is CCC(C)OC(=O)c1c(NC(=O)Cn2nc(C(F)(F)F)c(Br)c2C)sc2c1CCCC2. The highest BCUT2D eigenvalue weighted by Crippen LogP contribution is 2.39. The number of rotatable bonds is 6. The molecule has 0 aliphatic heterocycles. The number of alkyl halides is 3. The molecule has 1 aliphatic carbocycles. The van der Waals surface area contributed by atoms with Crippen molar-refractivity contribution >= 4 is 44.1 Å². The van der Waals surface area contributed by atoms with E-state index in [0.29, 0.717) is 17.0 Å². The lowest BCUT2D eigenvalue weighted by atomic mass is 9.95. The van der Waals surface area contributed by atoms with Gasteiger partial charge in [0.1, 0.15) is 11.5 Å². The number of carbonyl (C=O) groups is 2. The van der Waals surface area contributed by atoms with Crippen molar-refractivity contribution in [1.82, 2.24) is 9.78 Å². The third kappa shape index (κ3) is 5.14. The number of halogens is 4. The maximum Gasteiger partial charge on any atom is 0.436 e. The number of carbonyl (C=O) groups excluding carboxylic acids is 2. The Morgan fingerprint density at radius 2 is 2.00 bits per heavy atom. The normalized spacial score (nSPS) is 14.8. The van der Waals surface area contributed by atoms with Gasteiger partial charge in [-0.2, -0.15) is 18.3 Å². The van der Waals surface area contributed by atoms with E-state index < -0.39 is 30.3 Å². The molecule has 0 bridgehead atoms. The molecular formula is C20H23BrF3N3O3S. The summed E-state index contributed by atoms with van der Waals surface area (Å²) in [6.07, 6.45) is -0.741. The summed E-state index contributed by atoms with van der Waals surface area (Å²) < 4.78 is 45.5. The van der Waals surface area contributed by atoms with Crippen LogP contribution in [0.3, 0.4) is 0 Å². The smallest absolute Gasteiger partial charge is 0.436 e. The van der Waals surface area contributed by atoms with Gasteiger partial charge in [0, 0.05) is 4.88 Å². The zero-order valence-corrected chi connectivity index (χ0v) is 19.8. The number of hydrogen-bond donors (Lipinski definition) is 1. The van der Waals surface area contributed by atoms with Crippen LogP contribution in [0.4, 0.5) is 18.2 Å². The second kappa shape index (κ2) is 9.32. The Bertz CT molecular complexity index is 1000. The van der Waals surface area contributed by atoms with Gasteiger partial charge in [-0.1, -0.05) is 6.92 Å². The number of anilines is 1. The predicted octanol–water partition coefficient (Wildman–Crippen LogP) is 5.51. The predicted molar refractivity (Wildman–Crippen MR) is 114 cm³/mol. The molecule has 6 nitrogen and oxygen atoms in total. The third-order valence-electron chi connectivity index (χ3n) is 5.21. The van der Waals surface area contributed by atoms with Gasteiger partial charge in [-0.05, 0) is 67.4 Å². The molecule has 1 amide bonds. The number of hydrogen-bond acceptors (Lipinski definition) is 5. The molecule has 0 fully saturated rings. The summed E-state index contributed by atoms with van der Waals surface area (Å²) in [5.41, 5.74) is 0.367. The van der Waals surface area contributed by atoms with Gasteiger partial charge in [-0.25, -0.2) is 4.79 Å².